The van der Waals surface area contributed by atoms with Crippen LogP contribution >= 0.6 is 0 Å². The Labute approximate surface area is 318 Å². The lowest BCUT2D eigenvalue weighted by molar-refractivity contribution is 1.17. The van der Waals surface area contributed by atoms with E-state index in [2.05, 4.69) is 180 Å². The van der Waals surface area contributed by atoms with Crippen LogP contribution in [-0.2, 0) is 0 Å². The third-order valence-corrected chi connectivity index (χ3v) is 11.0. The van der Waals surface area contributed by atoms with Crippen LogP contribution in [0.4, 0.5) is 0 Å². The van der Waals surface area contributed by atoms with Crippen molar-refractivity contribution in [1.82, 2.24) is 14.5 Å². The highest BCUT2D eigenvalue weighted by atomic mass is 15.0. The number of hydrogen-bond donors (Lipinski definition) is 0. The van der Waals surface area contributed by atoms with Gasteiger partial charge in [0.15, 0.2) is 5.82 Å². The van der Waals surface area contributed by atoms with Crippen LogP contribution in [0, 0.1) is 0 Å². The number of aromatic nitrogens is 3. The zero-order valence-electron chi connectivity index (χ0n) is 29.9. The second-order valence-electron chi connectivity index (χ2n) is 14.1. The molecule has 0 radical (unpaired) electrons. The first kappa shape index (κ1) is 31.2. The van der Waals surface area contributed by atoms with Crippen molar-refractivity contribution in [3.05, 3.63) is 200 Å². The van der Waals surface area contributed by atoms with E-state index >= 15 is 0 Å². The molecule has 0 saturated carbocycles. The van der Waals surface area contributed by atoms with Crippen LogP contribution in [0.1, 0.15) is 0 Å². The Kier molecular flexibility index (Phi) is 7.17. The van der Waals surface area contributed by atoms with Crippen molar-refractivity contribution in [1.29, 1.82) is 0 Å². The smallest absolute Gasteiger partial charge is 0.160 e. The summed E-state index contributed by atoms with van der Waals surface area (Å²) in [5, 5.41) is 10.1. The molecule has 0 amide bonds. The molecule has 3 nitrogen and oxygen atoms in total. The molecule has 0 saturated heterocycles. The van der Waals surface area contributed by atoms with E-state index in [1.54, 1.807) is 0 Å². The number of fused-ring (bicyclic) bond motifs is 10. The van der Waals surface area contributed by atoms with Gasteiger partial charge in [0, 0.05) is 38.5 Å². The van der Waals surface area contributed by atoms with Crippen LogP contribution in [0.3, 0.4) is 0 Å². The van der Waals surface area contributed by atoms with Crippen LogP contribution < -0.4 is 0 Å². The molecule has 55 heavy (non-hydrogen) atoms. The van der Waals surface area contributed by atoms with Crippen LogP contribution in [0.5, 0.6) is 0 Å². The molecule has 0 aliphatic carbocycles. The summed E-state index contributed by atoms with van der Waals surface area (Å²) in [4.78, 5) is 10.2. The molecule has 256 valence electrons. The van der Waals surface area contributed by atoms with Gasteiger partial charge in [-0.1, -0.05) is 176 Å². The van der Waals surface area contributed by atoms with Gasteiger partial charge in [-0.05, 0) is 62.3 Å². The lowest BCUT2D eigenvalue weighted by Gasteiger charge is -2.14. The number of hydrogen-bond acceptors (Lipinski definition) is 2. The van der Waals surface area contributed by atoms with E-state index in [-0.39, 0.29) is 0 Å². The van der Waals surface area contributed by atoms with Crippen molar-refractivity contribution < 1.29 is 0 Å². The molecule has 0 bridgehead atoms. The molecular formula is C52H33N3. The van der Waals surface area contributed by atoms with Crippen LogP contribution in [-0.4, -0.2) is 14.5 Å². The fourth-order valence-electron chi connectivity index (χ4n) is 8.42. The van der Waals surface area contributed by atoms with Gasteiger partial charge in [0.25, 0.3) is 0 Å². The van der Waals surface area contributed by atoms with E-state index in [0.29, 0.717) is 5.82 Å². The maximum absolute atomic E-state index is 5.14. The minimum atomic E-state index is 0.706. The van der Waals surface area contributed by atoms with Gasteiger partial charge < -0.3 is 4.57 Å². The molecular weight excluding hydrogens is 667 g/mol. The van der Waals surface area contributed by atoms with E-state index in [0.717, 1.165) is 33.8 Å². The van der Waals surface area contributed by atoms with Gasteiger partial charge >= 0.3 is 0 Å². The highest BCUT2D eigenvalue weighted by molar-refractivity contribution is 6.36. The van der Waals surface area contributed by atoms with Gasteiger partial charge in [-0.15, -0.1) is 0 Å². The van der Waals surface area contributed by atoms with Gasteiger partial charge in [0.1, 0.15) is 0 Å². The highest BCUT2D eigenvalue weighted by Gasteiger charge is 2.20. The maximum Gasteiger partial charge on any atom is 0.160 e. The highest BCUT2D eigenvalue weighted by Crippen LogP contribution is 2.44. The summed E-state index contributed by atoms with van der Waals surface area (Å²) in [6.07, 6.45) is 0. The number of nitrogens with zero attached hydrogens (tertiary/aromatic N) is 3. The first-order chi connectivity index (χ1) is 27.3. The molecule has 9 aromatic carbocycles. The second-order valence-corrected chi connectivity index (χ2v) is 14.1. The number of rotatable bonds is 5. The van der Waals surface area contributed by atoms with Gasteiger partial charge in [-0.25, -0.2) is 9.97 Å². The van der Waals surface area contributed by atoms with Crippen molar-refractivity contribution in [2.24, 2.45) is 0 Å². The van der Waals surface area contributed by atoms with Crippen molar-refractivity contribution in [3.8, 4) is 50.7 Å². The summed E-state index contributed by atoms with van der Waals surface area (Å²) >= 11 is 0. The van der Waals surface area contributed by atoms with Crippen LogP contribution in [0.15, 0.2) is 200 Å². The predicted molar refractivity (Wildman–Crippen MR) is 231 cm³/mol. The van der Waals surface area contributed by atoms with Crippen LogP contribution in [0.25, 0.3) is 105 Å². The van der Waals surface area contributed by atoms with Crippen molar-refractivity contribution in [2.75, 3.05) is 0 Å². The molecule has 0 fully saturated rings. The number of para-hydroxylation sites is 1. The molecule has 2 aromatic heterocycles. The maximum atomic E-state index is 5.14. The van der Waals surface area contributed by atoms with Gasteiger partial charge in [-0.2, -0.15) is 0 Å². The van der Waals surface area contributed by atoms with E-state index in [9.17, 15) is 0 Å². The summed E-state index contributed by atoms with van der Waals surface area (Å²) in [5.41, 5.74) is 10.7. The Balaban J connectivity index is 1.09. The van der Waals surface area contributed by atoms with E-state index in [1.807, 2.05) is 24.3 Å². The Morgan fingerprint density at radius 1 is 0.327 bits per heavy atom. The summed E-state index contributed by atoms with van der Waals surface area (Å²) in [6.45, 7) is 0. The lowest BCUT2D eigenvalue weighted by atomic mass is 9.93. The standard InChI is InChI=1S/C52H33N3/c1-3-13-34(14-4-1)35-23-25-37(26-24-35)46-33-47(54-52(53-46)39-16-5-2-6-17-39)38-27-30-40(31-28-38)55-48-22-12-11-21-44(48)50-43-20-10-9-19-42(43)49-41-18-8-7-15-36(41)29-32-45(49)51(50)55/h1-33H. The average molecular weight is 700 g/mol. The lowest BCUT2D eigenvalue weighted by Crippen LogP contribution is -1.97. The Morgan fingerprint density at radius 3 is 1.53 bits per heavy atom. The normalized spacial score (nSPS) is 11.6. The molecule has 0 spiro atoms. The predicted octanol–water partition coefficient (Wildman–Crippen LogP) is 13.7. The largest absolute Gasteiger partial charge is 0.309 e. The molecule has 0 aliphatic rings. The van der Waals surface area contributed by atoms with Gasteiger partial charge in [0.05, 0.1) is 22.4 Å². The van der Waals surface area contributed by atoms with E-state index < -0.39 is 0 Å². The summed E-state index contributed by atoms with van der Waals surface area (Å²) < 4.78 is 2.45. The van der Waals surface area contributed by atoms with Crippen molar-refractivity contribution in [3.63, 3.8) is 0 Å². The third kappa shape index (κ3) is 5.13. The summed E-state index contributed by atoms with van der Waals surface area (Å²) in [5.74, 6) is 0.706. The zero-order valence-corrected chi connectivity index (χ0v) is 29.9. The molecule has 0 unspecified atom stereocenters. The fourth-order valence-corrected chi connectivity index (χ4v) is 8.42. The average Bonchev–Trinajstić information content (AvgIpc) is 3.62. The first-order valence-corrected chi connectivity index (χ1v) is 18.7. The monoisotopic (exact) mass is 699 g/mol. The van der Waals surface area contributed by atoms with E-state index in [1.165, 1.54) is 65.3 Å². The van der Waals surface area contributed by atoms with Crippen molar-refractivity contribution >= 4 is 54.1 Å². The first-order valence-electron chi connectivity index (χ1n) is 18.7. The molecule has 0 N–H and O–H groups in total. The van der Waals surface area contributed by atoms with Gasteiger partial charge in [-0.3, -0.25) is 0 Å². The minimum absolute atomic E-state index is 0.706. The van der Waals surface area contributed by atoms with Crippen LogP contribution in [0.2, 0.25) is 0 Å². The SMILES string of the molecule is c1ccc(-c2ccc(-c3cc(-c4ccc(-n5c6ccccc6c6c7ccccc7c7c8ccccc8ccc7c65)cc4)nc(-c4ccccc4)n3)cc2)cc1. The molecule has 0 atom stereocenters. The summed E-state index contributed by atoms with van der Waals surface area (Å²) in [6, 6.07) is 71.4. The topological polar surface area (TPSA) is 30.7 Å². The molecule has 11 aromatic rings. The molecule has 2 heterocycles. The molecule has 11 rings (SSSR count). The van der Waals surface area contributed by atoms with E-state index in [4.69, 9.17) is 9.97 Å². The zero-order chi connectivity index (χ0) is 36.3. The molecule has 0 aliphatic heterocycles. The van der Waals surface area contributed by atoms with Crippen molar-refractivity contribution in [2.45, 2.75) is 0 Å². The Bertz CT molecular complexity index is 3220. The second kappa shape index (κ2) is 12.6. The van der Waals surface area contributed by atoms with Gasteiger partial charge in [0.2, 0.25) is 0 Å². The molecule has 3 heteroatoms. The minimum Gasteiger partial charge on any atom is -0.309 e. The Hall–Kier alpha value is -7.36. The third-order valence-electron chi connectivity index (χ3n) is 11.0. The number of benzene rings is 9. The Morgan fingerprint density at radius 2 is 0.836 bits per heavy atom. The quantitative estimate of drug-likeness (QED) is 0.167. The fraction of sp³-hybridized carbons (Fsp3) is 0. The summed E-state index contributed by atoms with van der Waals surface area (Å²) in [7, 11) is 0.